The number of hydrogen-bond acceptors (Lipinski definition) is 5. The lowest BCUT2D eigenvalue weighted by atomic mass is 10.0. The molecule has 0 aliphatic carbocycles. The number of nitrogens with one attached hydrogen (secondary N) is 1. The van der Waals surface area contributed by atoms with Crippen LogP contribution >= 0.6 is 0 Å². The second-order valence-corrected chi connectivity index (χ2v) is 4.61. The Labute approximate surface area is 109 Å². The first-order valence-corrected chi connectivity index (χ1v) is 6.59. The van der Waals surface area contributed by atoms with Gasteiger partial charge in [0, 0.05) is 6.04 Å². The highest BCUT2D eigenvalue weighted by Crippen LogP contribution is 2.26. The lowest BCUT2D eigenvalue weighted by Crippen LogP contribution is -2.24. The van der Waals surface area contributed by atoms with Crippen LogP contribution in [0.3, 0.4) is 0 Å². The molecule has 0 fully saturated rings. The molecule has 0 aliphatic heterocycles. The van der Waals surface area contributed by atoms with Crippen LogP contribution in [-0.2, 0) is 0 Å². The second-order valence-electron chi connectivity index (χ2n) is 4.61. The number of hydrogen-bond donors (Lipinski definition) is 2. The highest BCUT2D eigenvalue weighted by Gasteiger charge is 2.14. The fraction of sp³-hybridized carbons (Fsp3) is 0.692. The van der Waals surface area contributed by atoms with Gasteiger partial charge in [-0.05, 0) is 19.3 Å². The van der Waals surface area contributed by atoms with Gasteiger partial charge in [-0.3, -0.25) is 0 Å². The van der Waals surface area contributed by atoms with E-state index in [4.69, 9.17) is 10.5 Å². The molecule has 102 valence electrons. The average Bonchev–Trinajstić information content (AvgIpc) is 2.38. The lowest BCUT2D eigenvalue weighted by molar-refractivity contribution is 0.306. The molecule has 0 radical (unpaired) electrons. The summed E-state index contributed by atoms with van der Waals surface area (Å²) in [7, 11) is 0. The molecule has 2 atom stereocenters. The molecule has 2 unspecified atom stereocenters. The summed E-state index contributed by atoms with van der Waals surface area (Å²) in [4.78, 5) is 8.23. The summed E-state index contributed by atoms with van der Waals surface area (Å²) in [6.45, 7) is 9.15. The molecule has 0 amide bonds. The minimum absolute atomic E-state index is 0.311. The third-order valence-corrected chi connectivity index (χ3v) is 3.15. The predicted molar refractivity (Wildman–Crippen MR) is 74.8 cm³/mol. The number of anilines is 2. The fourth-order valence-electron chi connectivity index (χ4n) is 1.52. The van der Waals surface area contributed by atoms with Gasteiger partial charge in [-0.25, -0.2) is 4.98 Å². The van der Waals surface area contributed by atoms with Crippen molar-refractivity contribution in [3.8, 4) is 5.88 Å². The van der Waals surface area contributed by atoms with Gasteiger partial charge in [0.2, 0.25) is 5.88 Å². The Morgan fingerprint density at radius 1 is 1.33 bits per heavy atom. The predicted octanol–water partition coefficient (Wildman–Crippen LogP) is 2.69. The fourth-order valence-corrected chi connectivity index (χ4v) is 1.52. The zero-order valence-corrected chi connectivity index (χ0v) is 11.7. The van der Waals surface area contributed by atoms with Gasteiger partial charge < -0.3 is 15.8 Å². The highest BCUT2D eigenvalue weighted by atomic mass is 16.5. The Morgan fingerprint density at radius 2 is 2.06 bits per heavy atom. The van der Waals surface area contributed by atoms with Gasteiger partial charge in [-0.1, -0.05) is 27.2 Å². The van der Waals surface area contributed by atoms with E-state index in [2.05, 4.69) is 36.1 Å². The highest BCUT2D eigenvalue weighted by molar-refractivity contribution is 5.66. The Balaban J connectivity index is 2.77. The minimum Gasteiger partial charge on any atom is -0.476 e. The van der Waals surface area contributed by atoms with Gasteiger partial charge in [-0.2, -0.15) is 4.98 Å². The molecule has 1 rings (SSSR count). The molecule has 1 aromatic heterocycles. The molecular weight excluding hydrogens is 228 g/mol. The van der Waals surface area contributed by atoms with Crippen molar-refractivity contribution >= 4 is 11.5 Å². The van der Waals surface area contributed by atoms with Crippen LogP contribution in [0.5, 0.6) is 5.88 Å². The smallest absolute Gasteiger partial charge is 0.242 e. The SMILES string of the molecule is CCCOc1ncnc(NC(C)C(C)CC)c1N. The van der Waals surface area contributed by atoms with E-state index in [9.17, 15) is 0 Å². The van der Waals surface area contributed by atoms with E-state index in [-0.39, 0.29) is 0 Å². The molecule has 5 nitrogen and oxygen atoms in total. The quantitative estimate of drug-likeness (QED) is 0.780. The lowest BCUT2D eigenvalue weighted by Gasteiger charge is -2.21. The topological polar surface area (TPSA) is 73.1 Å². The number of nitrogens with zero attached hydrogens (tertiary/aromatic N) is 2. The molecule has 0 bridgehead atoms. The van der Waals surface area contributed by atoms with Gasteiger partial charge >= 0.3 is 0 Å². The molecular formula is C13H24N4O. The first kappa shape index (κ1) is 14.5. The number of nitrogens with two attached hydrogens (primary N) is 1. The summed E-state index contributed by atoms with van der Waals surface area (Å²) < 4.78 is 5.48. The van der Waals surface area contributed by atoms with Crippen LogP contribution in [-0.4, -0.2) is 22.6 Å². The van der Waals surface area contributed by atoms with Crippen molar-refractivity contribution in [2.24, 2.45) is 5.92 Å². The van der Waals surface area contributed by atoms with E-state index in [1.54, 1.807) is 0 Å². The van der Waals surface area contributed by atoms with Crippen LogP contribution < -0.4 is 15.8 Å². The van der Waals surface area contributed by atoms with Crippen LogP contribution in [0.25, 0.3) is 0 Å². The summed E-state index contributed by atoms with van der Waals surface area (Å²) >= 11 is 0. The van der Waals surface area contributed by atoms with Crippen LogP contribution in [0.4, 0.5) is 11.5 Å². The van der Waals surface area contributed by atoms with Gasteiger partial charge in [0.1, 0.15) is 12.0 Å². The van der Waals surface area contributed by atoms with Crippen LogP contribution in [0.1, 0.15) is 40.5 Å². The van der Waals surface area contributed by atoms with Crippen molar-refractivity contribution in [1.29, 1.82) is 0 Å². The summed E-state index contributed by atoms with van der Waals surface area (Å²) in [6, 6.07) is 0.311. The van der Waals surface area contributed by atoms with Crippen molar-refractivity contribution in [2.75, 3.05) is 17.7 Å². The van der Waals surface area contributed by atoms with E-state index < -0.39 is 0 Å². The third-order valence-electron chi connectivity index (χ3n) is 3.15. The summed E-state index contributed by atoms with van der Waals surface area (Å²) in [5.41, 5.74) is 6.49. The molecule has 5 heteroatoms. The Kier molecular flexibility index (Phi) is 5.68. The molecule has 3 N–H and O–H groups in total. The molecule has 0 saturated heterocycles. The number of aromatic nitrogens is 2. The van der Waals surface area contributed by atoms with E-state index >= 15 is 0 Å². The molecule has 0 saturated carbocycles. The molecule has 0 aliphatic rings. The monoisotopic (exact) mass is 252 g/mol. The Bertz CT molecular complexity index is 370. The second kappa shape index (κ2) is 7.03. The molecule has 1 aromatic rings. The standard InChI is InChI=1S/C13H24N4O/c1-5-7-18-13-11(14)12(15-8-16-13)17-10(4)9(3)6-2/h8-10H,5-7,14H2,1-4H3,(H,15,16,17). The van der Waals surface area contributed by atoms with Gasteiger partial charge in [-0.15, -0.1) is 0 Å². The van der Waals surface area contributed by atoms with Crippen LogP contribution in [0, 0.1) is 5.92 Å². The summed E-state index contributed by atoms with van der Waals surface area (Å²) in [5, 5.41) is 3.32. The zero-order valence-electron chi connectivity index (χ0n) is 11.7. The van der Waals surface area contributed by atoms with Crippen molar-refractivity contribution in [3.63, 3.8) is 0 Å². The normalized spacial score (nSPS) is 14.0. The van der Waals surface area contributed by atoms with Gasteiger partial charge in [0.25, 0.3) is 0 Å². The minimum atomic E-state index is 0.311. The van der Waals surface area contributed by atoms with Crippen molar-refractivity contribution < 1.29 is 4.74 Å². The van der Waals surface area contributed by atoms with E-state index in [1.165, 1.54) is 6.33 Å². The maximum Gasteiger partial charge on any atom is 0.242 e. The van der Waals surface area contributed by atoms with Crippen molar-refractivity contribution in [1.82, 2.24) is 9.97 Å². The van der Waals surface area contributed by atoms with E-state index in [0.717, 1.165) is 12.8 Å². The zero-order chi connectivity index (χ0) is 13.5. The summed E-state index contributed by atoms with van der Waals surface area (Å²) in [6.07, 6.45) is 3.51. The molecule has 0 aromatic carbocycles. The largest absolute Gasteiger partial charge is 0.476 e. The molecule has 1 heterocycles. The average molecular weight is 252 g/mol. The number of ether oxygens (including phenoxy) is 1. The third kappa shape index (κ3) is 3.75. The molecule has 18 heavy (non-hydrogen) atoms. The van der Waals surface area contributed by atoms with Gasteiger partial charge in [0.15, 0.2) is 5.82 Å². The number of nitrogen functional groups attached to an aromatic ring is 1. The van der Waals surface area contributed by atoms with Crippen molar-refractivity contribution in [3.05, 3.63) is 6.33 Å². The number of rotatable bonds is 7. The first-order chi connectivity index (χ1) is 8.60. The van der Waals surface area contributed by atoms with E-state index in [0.29, 0.717) is 36.0 Å². The van der Waals surface area contributed by atoms with Crippen LogP contribution in [0.15, 0.2) is 6.33 Å². The maximum absolute atomic E-state index is 6.00. The van der Waals surface area contributed by atoms with Crippen molar-refractivity contribution in [2.45, 2.75) is 46.6 Å². The Morgan fingerprint density at radius 3 is 2.67 bits per heavy atom. The Hall–Kier alpha value is -1.52. The van der Waals surface area contributed by atoms with Crippen LogP contribution in [0.2, 0.25) is 0 Å². The molecule has 0 spiro atoms. The van der Waals surface area contributed by atoms with Gasteiger partial charge in [0.05, 0.1) is 6.61 Å². The van der Waals surface area contributed by atoms with E-state index in [1.807, 2.05) is 6.92 Å². The first-order valence-electron chi connectivity index (χ1n) is 6.59. The maximum atomic E-state index is 6.00. The summed E-state index contributed by atoms with van der Waals surface area (Å²) in [5.74, 6) is 1.67.